The van der Waals surface area contributed by atoms with Gasteiger partial charge in [-0.05, 0) is 31.5 Å². The molecule has 1 aliphatic rings. The SMILES string of the molecule is CC1(C)CSCC(c2ccc(Br)cc2)N1. The van der Waals surface area contributed by atoms with Gasteiger partial charge < -0.3 is 5.32 Å². The van der Waals surface area contributed by atoms with Crippen LogP contribution in [0.1, 0.15) is 25.5 Å². The van der Waals surface area contributed by atoms with Crippen LogP contribution < -0.4 is 5.32 Å². The van der Waals surface area contributed by atoms with Gasteiger partial charge in [-0.25, -0.2) is 0 Å². The molecule has 3 heteroatoms. The predicted octanol–water partition coefficient (Wildman–Crippen LogP) is 3.61. The Labute approximate surface area is 104 Å². The van der Waals surface area contributed by atoms with Crippen LogP contribution in [-0.2, 0) is 0 Å². The Hall–Kier alpha value is 0.01000. The topological polar surface area (TPSA) is 12.0 Å². The van der Waals surface area contributed by atoms with Crippen LogP contribution in [0, 0.1) is 0 Å². The van der Waals surface area contributed by atoms with Gasteiger partial charge in [0.2, 0.25) is 0 Å². The summed E-state index contributed by atoms with van der Waals surface area (Å²) in [6, 6.07) is 9.12. The molecule has 0 saturated carbocycles. The predicted molar refractivity (Wildman–Crippen MR) is 71.4 cm³/mol. The zero-order valence-corrected chi connectivity index (χ0v) is 11.5. The maximum Gasteiger partial charge on any atom is 0.0416 e. The highest BCUT2D eigenvalue weighted by atomic mass is 79.9. The lowest BCUT2D eigenvalue weighted by Crippen LogP contribution is -2.48. The number of nitrogens with one attached hydrogen (secondary N) is 1. The van der Waals surface area contributed by atoms with Crippen molar-refractivity contribution in [3.8, 4) is 0 Å². The van der Waals surface area contributed by atoms with Crippen molar-refractivity contribution in [1.29, 1.82) is 0 Å². The number of hydrogen-bond donors (Lipinski definition) is 1. The molecule has 0 aliphatic carbocycles. The van der Waals surface area contributed by atoms with E-state index in [9.17, 15) is 0 Å². The molecule has 1 saturated heterocycles. The monoisotopic (exact) mass is 285 g/mol. The van der Waals surface area contributed by atoms with Gasteiger partial charge in [0, 0.05) is 27.6 Å². The second kappa shape index (κ2) is 4.48. The molecule has 1 atom stereocenters. The summed E-state index contributed by atoms with van der Waals surface area (Å²) in [5.41, 5.74) is 1.64. The van der Waals surface area contributed by atoms with Crippen molar-refractivity contribution in [2.45, 2.75) is 25.4 Å². The third-order valence-corrected chi connectivity index (χ3v) is 4.61. The smallest absolute Gasteiger partial charge is 0.0416 e. The molecule has 0 bridgehead atoms. The van der Waals surface area contributed by atoms with E-state index in [0.717, 1.165) is 4.47 Å². The van der Waals surface area contributed by atoms with Crippen LogP contribution in [0.5, 0.6) is 0 Å². The summed E-state index contributed by atoms with van der Waals surface area (Å²) < 4.78 is 1.15. The normalized spacial score (nSPS) is 25.1. The van der Waals surface area contributed by atoms with E-state index in [2.05, 4.69) is 59.4 Å². The van der Waals surface area contributed by atoms with E-state index in [1.54, 1.807) is 0 Å². The number of benzene rings is 1. The van der Waals surface area contributed by atoms with Gasteiger partial charge in [-0.2, -0.15) is 11.8 Å². The van der Waals surface area contributed by atoms with Crippen molar-refractivity contribution >= 4 is 27.7 Å². The summed E-state index contributed by atoms with van der Waals surface area (Å²) in [5, 5.41) is 3.69. The minimum absolute atomic E-state index is 0.251. The quantitative estimate of drug-likeness (QED) is 0.846. The summed E-state index contributed by atoms with van der Waals surface area (Å²) >= 11 is 5.50. The molecule has 0 amide bonds. The van der Waals surface area contributed by atoms with Gasteiger partial charge in [0.1, 0.15) is 0 Å². The van der Waals surface area contributed by atoms with E-state index in [4.69, 9.17) is 0 Å². The van der Waals surface area contributed by atoms with Crippen LogP contribution in [0.25, 0.3) is 0 Å². The van der Waals surface area contributed by atoms with E-state index in [1.165, 1.54) is 17.1 Å². The van der Waals surface area contributed by atoms with Crippen molar-refractivity contribution in [2.24, 2.45) is 0 Å². The van der Waals surface area contributed by atoms with Crippen molar-refractivity contribution in [1.82, 2.24) is 5.32 Å². The fourth-order valence-electron chi connectivity index (χ4n) is 1.86. The summed E-state index contributed by atoms with van der Waals surface area (Å²) in [5.74, 6) is 2.37. The second-order valence-corrected chi connectivity index (χ2v) is 6.59. The zero-order valence-electron chi connectivity index (χ0n) is 9.09. The number of halogens is 1. The largest absolute Gasteiger partial charge is 0.303 e. The van der Waals surface area contributed by atoms with E-state index in [1.807, 2.05) is 11.8 Å². The molecule has 82 valence electrons. The van der Waals surface area contributed by atoms with Crippen molar-refractivity contribution in [2.75, 3.05) is 11.5 Å². The highest BCUT2D eigenvalue weighted by Gasteiger charge is 2.27. The number of thioether (sulfide) groups is 1. The fourth-order valence-corrected chi connectivity index (χ4v) is 3.35. The van der Waals surface area contributed by atoms with Crippen LogP contribution in [-0.4, -0.2) is 17.0 Å². The molecule has 0 spiro atoms. The highest BCUT2D eigenvalue weighted by molar-refractivity contribution is 9.10. The molecular formula is C12H16BrNS. The Morgan fingerprint density at radius 1 is 1.33 bits per heavy atom. The first-order valence-corrected chi connectivity index (χ1v) is 7.12. The van der Waals surface area contributed by atoms with Gasteiger partial charge in [0.05, 0.1) is 0 Å². The molecule has 1 fully saturated rings. The van der Waals surface area contributed by atoms with E-state index >= 15 is 0 Å². The fraction of sp³-hybridized carbons (Fsp3) is 0.500. The molecule has 1 nitrogen and oxygen atoms in total. The van der Waals surface area contributed by atoms with Crippen LogP contribution >= 0.6 is 27.7 Å². The summed E-state index contributed by atoms with van der Waals surface area (Å²) in [4.78, 5) is 0. The molecule has 1 aliphatic heterocycles. The number of hydrogen-bond acceptors (Lipinski definition) is 2. The first kappa shape index (κ1) is 11.5. The molecular weight excluding hydrogens is 270 g/mol. The molecule has 1 aromatic rings. The van der Waals surface area contributed by atoms with E-state index < -0.39 is 0 Å². The second-order valence-electron chi connectivity index (χ2n) is 4.65. The average molecular weight is 286 g/mol. The standard InChI is InChI=1S/C12H16BrNS/c1-12(2)8-15-7-11(14-12)9-3-5-10(13)6-4-9/h3-6,11,14H,7-8H2,1-2H3. The van der Waals surface area contributed by atoms with Crippen molar-refractivity contribution < 1.29 is 0 Å². The Bertz CT molecular complexity index is 334. The Balaban J connectivity index is 2.13. The number of rotatable bonds is 1. The molecule has 0 aromatic heterocycles. The minimum Gasteiger partial charge on any atom is -0.303 e. The van der Waals surface area contributed by atoms with Gasteiger partial charge in [0.25, 0.3) is 0 Å². The Morgan fingerprint density at radius 3 is 2.60 bits per heavy atom. The van der Waals surface area contributed by atoms with E-state index in [-0.39, 0.29) is 5.54 Å². The maximum atomic E-state index is 3.69. The van der Waals surface area contributed by atoms with Crippen LogP contribution in [0.4, 0.5) is 0 Å². The summed E-state index contributed by atoms with van der Waals surface area (Å²) in [6.07, 6.45) is 0. The van der Waals surface area contributed by atoms with E-state index in [0.29, 0.717) is 6.04 Å². The molecule has 0 radical (unpaired) electrons. The minimum atomic E-state index is 0.251. The van der Waals surface area contributed by atoms with Crippen LogP contribution in [0.2, 0.25) is 0 Å². The molecule has 1 aromatic carbocycles. The van der Waals surface area contributed by atoms with Gasteiger partial charge >= 0.3 is 0 Å². The maximum absolute atomic E-state index is 3.69. The Morgan fingerprint density at radius 2 is 2.00 bits per heavy atom. The summed E-state index contributed by atoms with van der Waals surface area (Å²) in [7, 11) is 0. The molecule has 1 unspecified atom stereocenters. The van der Waals surface area contributed by atoms with Gasteiger partial charge in [-0.15, -0.1) is 0 Å². The zero-order chi connectivity index (χ0) is 10.9. The molecule has 2 rings (SSSR count). The van der Waals surface area contributed by atoms with Crippen molar-refractivity contribution in [3.63, 3.8) is 0 Å². The summed E-state index contributed by atoms with van der Waals surface area (Å²) in [6.45, 7) is 4.54. The first-order chi connectivity index (χ1) is 7.07. The lowest BCUT2D eigenvalue weighted by Gasteiger charge is -2.37. The van der Waals surface area contributed by atoms with Gasteiger partial charge in [-0.3, -0.25) is 0 Å². The third-order valence-electron chi connectivity index (χ3n) is 2.58. The average Bonchev–Trinajstić information content (AvgIpc) is 2.17. The first-order valence-electron chi connectivity index (χ1n) is 5.18. The third kappa shape index (κ3) is 2.99. The van der Waals surface area contributed by atoms with Gasteiger partial charge in [0.15, 0.2) is 0 Å². The lowest BCUT2D eigenvalue weighted by molar-refractivity contribution is 0.376. The molecule has 1 N–H and O–H groups in total. The Kier molecular flexibility index (Phi) is 3.43. The van der Waals surface area contributed by atoms with Gasteiger partial charge in [-0.1, -0.05) is 28.1 Å². The molecule has 1 heterocycles. The lowest BCUT2D eigenvalue weighted by atomic mass is 10.0. The van der Waals surface area contributed by atoms with Crippen LogP contribution in [0.3, 0.4) is 0 Å². The van der Waals surface area contributed by atoms with Crippen molar-refractivity contribution in [3.05, 3.63) is 34.3 Å². The highest BCUT2D eigenvalue weighted by Crippen LogP contribution is 2.29. The molecule has 15 heavy (non-hydrogen) atoms. The van der Waals surface area contributed by atoms with Crippen LogP contribution in [0.15, 0.2) is 28.7 Å².